The minimum atomic E-state index is 0.575. The molecule has 0 aliphatic carbocycles. The maximum absolute atomic E-state index is 6.86. The van der Waals surface area contributed by atoms with Crippen molar-refractivity contribution in [3.8, 4) is 45.3 Å². The second-order valence-corrected chi connectivity index (χ2v) is 15.5. The number of hydrogen-bond donors (Lipinski definition) is 0. The summed E-state index contributed by atoms with van der Waals surface area (Å²) in [5.74, 6) is 1.75. The molecule has 0 saturated heterocycles. The number of fused-ring (bicyclic) bond motifs is 13. The van der Waals surface area contributed by atoms with Crippen molar-refractivity contribution in [2.75, 3.05) is 0 Å². The second-order valence-electron chi connectivity index (χ2n) is 15.5. The van der Waals surface area contributed by atoms with Crippen LogP contribution in [-0.2, 0) is 0 Å². The van der Waals surface area contributed by atoms with E-state index in [4.69, 9.17) is 23.8 Å². The molecule has 0 bridgehead atoms. The maximum atomic E-state index is 6.86. The van der Waals surface area contributed by atoms with Crippen molar-refractivity contribution in [2.24, 2.45) is 0 Å². The van der Waals surface area contributed by atoms with Crippen LogP contribution in [0.3, 0.4) is 0 Å². The molecule has 0 unspecified atom stereocenters. The third-order valence-corrected chi connectivity index (χ3v) is 12.1. The molecule has 13 aromatic rings. The van der Waals surface area contributed by atoms with Gasteiger partial charge in [0.2, 0.25) is 0 Å². The van der Waals surface area contributed by atoms with Gasteiger partial charge in [0, 0.05) is 49.0 Å². The lowest BCUT2D eigenvalue weighted by atomic mass is 9.92. The maximum Gasteiger partial charge on any atom is 0.164 e. The summed E-state index contributed by atoms with van der Waals surface area (Å²) in [6.07, 6.45) is 0. The second kappa shape index (κ2) is 12.7. The third-order valence-electron chi connectivity index (χ3n) is 12.1. The summed E-state index contributed by atoms with van der Waals surface area (Å²) in [6.45, 7) is 0. The minimum Gasteiger partial charge on any atom is -0.456 e. The smallest absolute Gasteiger partial charge is 0.164 e. The normalized spacial score (nSPS) is 12.0. The van der Waals surface area contributed by atoms with Crippen LogP contribution in [-0.4, -0.2) is 15.0 Å². The number of benzene rings is 10. The highest BCUT2D eigenvalue weighted by atomic mass is 16.3. The first-order valence-corrected chi connectivity index (χ1v) is 20.2. The van der Waals surface area contributed by atoms with Gasteiger partial charge in [-0.05, 0) is 79.8 Å². The Balaban J connectivity index is 1.06. The molecule has 0 atom stereocenters. The van der Waals surface area contributed by atoms with Crippen LogP contribution in [0.2, 0.25) is 0 Å². The van der Waals surface area contributed by atoms with E-state index in [9.17, 15) is 0 Å². The molecule has 3 heterocycles. The van der Waals surface area contributed by atoms with Crippen LogP contribution < -0.4 is 0 Å². The van der Waals surface area contributed by atoms with E-state index in [0.717, 1.165) is 93.1 Å². The Kier molecular flexibility index (Phi) is 6.95. The van der Waals surface area contributed by atoms with E-state index in [2.05, 4.69) is 152 Å². The van der Waals surface area contributed by atoms with Gasteiger partial charge in [0.1, 0.15) is 22.3 Å². The summed E-state index contributed by atoms with van der Waals surface area (Å²) in [6, 6.07) is 65.6. The van der Waals surface area contributed by atoms with Gasteiger partial charge >= 0.3 is 0 Å². The molecule has 5 heteroatoms. The van der Waals surface area contributed by atoms with Crippen LogP contribution in [0.25, 0.3) is 132 Å². The van der Waals surface area contributed by atoms with Gasteiger partial charge in [-0.3, -0.25) is 0 Å². The van der Waals surface area contributed by atoms with Crippen molar-refractivity contribution in [1.82, 2.24) is 15.0 Å². The summed E-state index contributed by atoms with van der Waals surface area (Å²) in [4.78, 5) is 15.7. The molecular weight excluding hydrogens is 735 g/mol. The van der Waals surface area contributed by atoms with E-state index >= 15 is 0 Å². The van der Waals surface area contributed by atoms with E-state index in [1.807, 2.05) is 36.4 Å². The predicted molar refractivity (Wildman–Crippen MR) is 246 cm³/mol. The van der Waals surface area contributed by atoms with Crippen LogP contribution in [0, 0.1) is 0 Å². The van der Waals surface area contributed by atoms with Gasteiger partial charge in [0.15, 0.2) is 17.5 Å². The topological polar surface area (TPSA) is 65.0 Å². The Hall–Kier alpha value is -8.15. The standard InChI is InChI=1S/C55H31N3O2/c1-2-15-34(16-3-1)53-56-54(58-55(57-53)46-29-35-17-6-9-21-39(35)52-50(46)43-27-25-33-14-5-8-20-38(33)51(43)60-52)36-26-28-47-45(30-36)49-42-23-11-10-22-41(42)44(31-48(49)59-47)40-24-12-18-32-13-4-7-19-37(32)40/h1-31H. The van der Waals surface area contributed by atoms with Crippen molar-refractivity contribution < 1.29 is 8.83 Å². The lowest BCUT2D eigenvalue weighted by Crippen LogP contribution is -2.00. The van der Waals surface area contributed by atoms with E-state index < -0.39 is 0 Å². The molecular formula is C55H31N3O2. The highest BCUT2D eigenvalue weighted by Gasteiger charge is 2.22. The lowest BCUT2D eigenvalue weighted by Gasteiger charge is -2.11. The molecule has 3 aromatic heterocycles. The summed E-state index contributed by atoms with van der Waals surface area (Å²) < 4.78 is 13.6. The van der Waals surface area contributed by atoms with Crippen molar-refractivity contribution >= 4 is 87.0 Å². The fourth-order valence-corrected chi connectivity index (χ4v) is 9.32. The SMILES string of the molecule is c1ccc(-c2nc(-c3ccc4oc5cc(-c6cccc7ccccc67)c6ccccc6c5c4c3)nc(-c3cc4ccccc4c4oc5c6ccccc6ccc5c34)n2)cc1. The van der Waals surface area contributed by atoms with E-state index in [0.29, 0.717) is 17.5 Å². The van der Waals surface area contributed by atoms with Gasteiger partial charge in [0.25, 0.3) is 0 Å². The van der Waals surface area contributed by atoms with Gasteiger partial charge in [-0.15, -0.1) is 0 Å². The monoisotopic (exact) mass is 765 g/mol. The Morgan fingerprint density at radius 3 is 1.73 bits per heavy atom. The lowest BCUT2D eigenvalue weighted by molar-refractivity contribution is 0.669. The van der Waals surface area contributed by atoms with Crippen LogP contribution in [0.5, 0.6) is 0 Å². The predicted octanol–water partition coefficient (Wildman–Crippen LogP) is 15.0. The summed E-state index contributed by atoms with van der Waals surface area (Å²) in [5.41, 5.74) is 8.30. The number of hydrogen-bond acceptors (Lipinski definition) is 5. The Bertz CT molecular complexity index is 3900. The van der Waals surface area contributed by atoms with Crippen molar-refractivity contribution in [1.29, 1.82) is 0 Å². The molecule has 278 valence electrons. The first-order chi connectivity index (χ1) is 29.7. The summed E-state index contributed by atoms with van der Waals surface area (Å²) >= 11 is 0. The number of furan rings is 2. The molecule has 13 rings (SSSR count). The number of rotatable bonds is 4. The molecule has 0 amide bonds. The molecule has 10 aromatic carbocycles. The Morgan fingerprint density at radius 2 is 0.917 bits per heavy atom. The van der Waals surface area contributed by atoms with Crippen LogP contribution in [0.4, 0.5) is 0 Å². The van der Waals surface area contributed by atoms with Crippen LogP contribution >= 0.6 is 0 Å². The van der Waals surface area contributed by atoms with Gasteiger partial charge in [0.05, 0.1) is 0 Å². The van der Waals surface area contributed by atoms with Crippen LogP contribution in [0.1, 0.15) is 0 Å². The highest BCUT2D eigenvalue weighted by Crippen LogP contribution is 2.45. The number of aromatic nitrogens is 3. The fourth-order valence-electron chi connectivity index (χ4n) is 9.32. The molecule has 60 heavy (non-hydrogen) atoms. The molecule has 0 spiro atoms. The molecule has 0 N–H and O–H groups in total. The quantitative estimate of drug-likeness (QED) is 0.178. The molecule has 0 saturated carbocycles. The first-order valence-electron chi connectivity index (χ1n) is 20.2. The molecule has 0 aliphatic heterocycles. The molecule has 0 fully saturated rings. The third kappa shape index (κ3) is 4.90. The van der Waals surface area contributed by atoms with E-state index in [1.165, 1.54) is 21.7 Å². The van der Waals surface area contributed by atoms with Crippen molar-refractivity contribution in [2.45, 2.75) is 0 Å². The van der Waals surface area contributed by atoms with Crippen molar-refractivity contribution in [3.05, 3.63) is 188 Å². The largest absolute Gasteiger partial charge is 0.456 e. The van der Waals surface area contributed by atoms with Gasteiger partial charge in [-0.2, -0.15) is 0 Å². The van der Waals surface area contributed by atoms with E-state index in [-0.39, 0.29) is 0 Å². The van der Waals surface area contributed by atoms with Gasteiger partial charge < -0.3 is 8.83 Å². The molecule has 0 radical (unpaired) electrons. The summed E-state index contributed by atoms with van der Waals surface area (Å²) in [5, 5.41) is 13.1. The fraction of sp³-hybridized carbons (Fsp3) is 0. The average Bonchev–Trinajstić information content (AvgIpc) is 3.90. The molecule has 5 nitrogen and oxygen atoms in total. The zero-order valence-corrected chi connectivity index (χ0v) is 32.1. The number of nitrogens with zero attached hydrogens (tertiary/aromatic N) is 3. The zero-order valence-electron chi connectivity index (χ0n) is 32.1. The zero-order chi connectivity index (χ0) is 39.3. The summed E-state index contributed by atoms with van der Waals surface area (Å²) in [7, 11) is 0. The Morgan fingerprint density at radius 1 is 0.283 bits per heavy atom. The van der Waals surface area contributed by atoms with Crippen LogP contribution in [0.15, 0.2) is 197 Å². The van der Waals surface area contributed by atoms with Gasteiger partial charge in [-0.1, -0.05) is 152 Å². The highest BCUT2D eigenvalue weighted by molar-refractivity contribution is 6.25. The minimum absolute atomic E-state index is 0.575. The van der Waals surface area contributed by atoms with Gasteiger partial charge in [-0.25, -0.2) is 15.0 Å². The van der Waals surface area contributed by atoms with E-state index in [1.54, 1.807) is 0 Å². The molecule has 0 aliphatic rings. The Labute approximate surface area is 342 Å². The van der Waals surface area contributed by atoms with Crippen molar-refractivity contribution in [3.63, 3.8) is 0 Å². The first kappa shape index (κ1) is 32.9. The average molecular weight is 766 g/mol.